The molecule has 0 bridgehead atoms. The molecule has 4 N–H and O–H groups in total. The van der Waals surface area contributed by atoms with Crippen molar-refractivity contribution in [3.05, 3.63) is 54.1 Å². The van der Waals surface area contributed by atoms with Crippen LogP contribution in [0.3, 0.4) is 0 Å². The molecule has 0 aromatic heterocycles. The smallest absolute Gasteiger partial charge is 0.316 e. The van der Waals surface area contributed by atoms with Crippen molar-refractivity contribution in [2.45, 2.75) is 13.0 Å². The Bertz CT molecular complexity index is 594. The molecule has 21 heavy (non-hydrogen) atoms. The van der Waals surface area contributed by atoms with Crippen LogP contribution < -0.4 is 21.1 Å². The molecule has 1 unspecified atom stereocenters. The maximum atomic E-state index is 10.8. The first kappa shape index (κ1) is 14.7. The number of nitrogens with two attached hydrogens (primary N) is 1. The predicted molar refractivity (Wildman–Crippen MR) is 84.7 cm³/mol. The number of carbonyl (C=O) groups excluding carboxylic acids is 1. The van der Waals surface area contributed by atoms with Crippen molar-refractivity contribution in [1.29, 1.82) is 0 Å². The zero-order chi connectivity index (χ0) is 15.2. The zero-order valence-electron chi connectivity index (χ0n) is 12.1. The number of hydrogen-bond acceptors (Lipinski definition) is 3. The van der Waals surface area contributed by atoms with Gasteiger partial charge in [0.05, 0.1) is 7.11 Å². The van der Waals surface area contributed by atoms with E-state index in [9.17, 15) is 4.79 Å². The van der Waals surface area contributed by atoms with Crippen molar-refractivity contribution < 1.29 is 9.53 Å². The Hall–Kier alpha value is -2.69. The summed E-state index contributed by atoms with van der Waals surface area (Å²) in [5, 5.41) is 5.94. The summed E-state index contributed by atoms with van der Waals surface area (Å²) in [5.74, 6) is 0.829. The van der Waals surface area contributed by atoms with Gasteiger partial charge >= 0.3 is 6.03 Å². The first-order chi connectivity index (χ1) is 10.1. The fourth-order valence-electron chi connectivity index (χ4n) is 2.02. The first-order valence-corrected chi connectivity index (χ1v) is 6.65. The first-order valence-electron chi connectivity index (χ1n) is 6.65. The van der Waals surface area contributed by atoms with Gasteiger partial charge in [0.1, 0.15) is 5.75 Å². The highest BCUT2D eigenvalue weighted by Gasteiger charge is 2.06. The minimum atomic E-state index is -0.563. The highest BCUT2D eigenvalue weighted by molar-refractivity contribution is 5.87. The number of carbonyl (C=O) groups is 1. The van der Waals surface area contributed by atoms with Crippen molar-refractivity contribution >= 4 is 17.4 Å². The molecule has 0 saturated heterocycles. The van der Waals surface area contributed by atoms with E-state index in [1.165, 1.54) is 0 Å². The Morgan fingerprint density at radius 3 is 2.14 bits per heavy atom. The Morgan fingerprint density at radius 1 is 1.05 bits per heavy atom. The highest BCUT2D eigenvalue weighted by Crippen LogP contribution is 2.22. The molecule has 2 rings (SSSR count). The van der Waals surface area contributed by atoms with E-state index in [0.717, 1.165) is 17.0 Å². The lowest BCUT2D eigenvalue weighted by Crippen LogP contribution is -2.19. The number of rotatable bonds is 5. The van der Waals surface area contributed by atoms with Crippen LogP contribution in [0.1, 0.15) is 18.5 Å². The van der Waals surface area contributed by atoms with Crippen LogP contribution in [0.15, 0.2) is 48.5 Å². The minimum Gasteiger partial charge on any atom is -0.497 e. The summed E-state index contributed by atoms with van der Waals surface area (Å²) in [6.45, 7) is 2.07. The Labute approximate surface area is 124 Å². The van der Waals surface area contributed by atoms with Gasteiger partial charge in [0.15, 0.2) is 0 Å². The molecule has 1 atom stereocenters. The number of ether oxygens (including phenoxy) is 1. The molecule has 0 fully saturated rings. The molecule has 0 aliphatic heterocycles. The van der Waals surface area contributed by atoms with E-state index in [1.807, 2.05) is 48.5 Å². The summed E-state index contributed by atoms with van der Waals surface area (Å²) in [4.78, 5) is 10.8. The molecule has 0 spiro atoms. The Balaban J connectivity index is 2.01. The summed E-state index contributed by atoms with van der Waals surface area (Å²) in [6.07, 6.45) is 0. The minimum absolute atomic E-state index is 0.140. The van der Waals surface area contributed by atoms with Crippen LogP contribution >= 0.6 is 0 Å². The number of urea groups is 1. The van der Waals surface area contributed by atoms with Crippen molar-refractivity contribution in [2.75, 3.05) is 17.7 Å². The van der Waals surface area contributed by atoms with E-state index in [0.29, 0.717) is 5.69 Å². The standard InChI is InChI=1S/C16H19N3O2/c1-11(18-13-7-9-15(21-2)10-8-13)12-3-5-14(6-4-12)19-16(17)20/h3-11,18H,1-2H3,(H3,17,19,20). The third kappa shape index (κ3) is 4.14. The summed E-state index contributed by atoms with van der Waals surface area (Å²) in [7, 11) is 1.65. The monoisotopic (exact) mass is 285 g/mol. The summed E-state index contributed by atoms with van der Waals surface area (Å²) >= 11 is 0. The van der Waals surface area contributed by atoms with Gasteiger partial charge in [-0.2, -0.15) is 0 Å². The van der Waals surface area contributed by atoms with Gasteiger partial charge in [-0.3, -0.25) is 0 Å². The lowest BCUT2D eigenvalue weighted by Gasteiger charge is -2.16. The number of benzene rings is 2. The fraction of sp³-hybridized carbons (Fsp3) is 0.188. The molecule has 0 radical (unpaired) electrons. The van der Waals surface area contributed by atoms with Crippen LogP contribution in [0.2, 0.25) is 0 Å². The number of anilines is 2. The maximum Gasteiger partial charge on any atom is 0.316 e. The van der Waals surface area contributed by atoms with Crippen LogP contribution in [0.25, 0.3) is 0 Å². The average Bonchev–Trinajstić information content (AvgIpc) is 2.48. The number of amides is 2. The SMILES string of the molecule is COc1ccc(NC(C)c2ccc(NC(N)=O)cc2)cc1. The van der Waals surface area contributed by atoms with Gasteiger partial charge in [-0.05, 0) is 48.9 Å². The van der Waals surface area contributed by atoms with Crippen molar-refractivity contribution in [3.63, 3.8) is 0 Å². The molecule has 5 heteroatoms. The average molecular weight is 285 g/mol. The number of primary amides is 1. The van der Waals surface area contributed by atoms with Crippen LogP contribution in [0, 0.1) is 0 Å². The van der Waals surface area contributed by atoms with E-state index in [-0.39, 0.29) is 6.04 Å². The van der Waals surface area contributed by atoms with Crippen molar-refractivity contribution in [3.8, 4) is 5.75 Å². The second-order valence-electron chi connectivity index (χ2n) is 4.71. The molecule has 0 saturated carbocycles. The number of nitrogens with one attached hydrogen (secondary N) is 2. The lowest BCUT2D eigenvalue weighted by atomic mass is 10.1. The van der Waals surface area contributed by atoms with Gasteiger partial charge in [-0.15, -0.1) is 0 Å². The van der Waals surface area contributed by atoms with Gasteiger partial charge in [0.2, 0.25) is 0 Å². The number of methoxy groups -OCH3 is 1. The van der Waals surface area contributed by atoms with Gasteiger partial charge in [0.25, 0.3) is 0 Å². The second kappa shape index (κ2) is 6.65. The van der Waals surface area contributed by atoms with Crippen molar-refractivity contribution in [1.82, 2.24) is 0 Å². The summed E-state index contributed by atoms with van der Waals surface area (Å²) in [5.41, 5.74) is 7.89. The van der Waals surface area contributed by atoms with Crippen LogP contribution in [-0.4, -0.2) is 13.1 Å². The van der Waals surface area contributed by atoms with E-state index >= 15 is 0 Å². The number of hydrogen-bond donors (Lipinski definition) is 3. The van der Waals surface area contributed by atoms with E-state index in [2.05, 4.69) is 17.6 Å². The third-order valence-corrected chi connectivity index (χ3v) is 3.15. The maximum absolute atomic E-state index is 10.8. The third-order valence-electron chi connectivity index (χ3n) is 3.15. The second-order valence-corrected chi connectivity index (χ2v) is 4.71. The molecular weight excluding hydrogens is 266 g/mol. The molecule has 2 aromatic carbocycles. The zero-order valence-corrected chi connectivity index (χ0v) is 12.1. The van der Waals surface area contributed by atoms with Gasteiger partial charge < -0.3 is 21.1 Å². The van der Waals surface area contributed by atoms with Gasteiger partial charge in [-0.1, -0.05) is 12.1 Å². The molecule has 0 heterocycles. The van der Waals surface area contributed by atoms with E-state index in [1.54, 1.807) is 7.11 Å². The quantitative estimate of drug-likeness (QED) is 0.788. The summed E-state index contributed by atoms with van der Waals surface area (Å²) in [6, 6.07) is 14.9. The van der Waals surface area contributed by atoms with E-state index in [4.69, 9.17) is 10.5 Å². The van der Waals surface area contributed by atoms with Crippen LogP contribution in [-0.2, 0) is 0 Å². The Kier molecular flexibility index (Phi) is 4.66. The molecule has 0 aliphatic rings. The largest absolute Gasteiger partial charge is 0.497 e. The van der Waals surface area contributed by atoms with Gasteiger partial charge in [-0.25, -0.2) is 4.79 Å². The van der Waals surface area contributed by atoms with Crippen LogP contribution in [0.4, 0.5) is 16.2 Å². The normalized spacial score (nSPS) is 11.5. The van der Waals surface area contributed by atoms with Crippen molar-refractivity contribution in [2.24, 2.45) is 5.73 Å². The molecule has 5 nitrogen and oxygen atoms in total. The van der Waals surface area contributed by atoms with Crippen LogP contribution in [0.5, 0.6) is 5.75 Å². The fourth-order valence-corrected chi connectivity index (χ4v) is 2.02. The molecule has 0 aliphatic carbocycles. The molecular formula is C16H19N3O2. The molecule has 2 amide bonds. The highest BCUT2D eigenvalue weighted by atomic mass is 16.5. The lowest BCUT2D eigenvalue weighted by molar-refractivity contribution is 0.259. The topological polar surface area (TPSA) is 76.4 Å². The van der Waals surface area contributed by atoms with E-state index < -0.39 is 6.03 Å². The van der Waals surface area contributed by atoms with Gasteiger partial charge in [0, 0.05) is 17.4 Å². The molecule has 110 valence electrons. The molecule has 2 aromatic rings. The summed E-state index contributed by atoms with van der Waals surface area (Å²) < 4.78 is 5.13. The predicted octanol–water partition coefficient (Wildman–Crippen LogP) is 3.36. The Morgan fingerprint density at radius 2 is 1.62 bits per heavy atom.